The van der Waals surface area contributed by atoms with Gasteiger partial charge in [-0.15, -0.1) is 0 Å². The van der Waals surface area contributed by atoms with Gasteiger partial charge in [-0.05, 0) is 32.6 Å². The zero-order valence-electron chi connectivity index (χ0n) is 14.1. The van der Waals surface area contributed by atoms with Gasteiger partial charge in [0.05, 0.1) is 17.8 Å². The second kappa shape index (κ2) is 6.49. The molecule has 2 aliphatic rings. The first-order valence-electron chi connectivity index (χ1n) is 8.24. The van der Waals surface area contributed by atoms with E-state index in [2.05, 4.69) is 15.7 Å². The van der Waals surface area contributed by atoms with E-state index in [0.717, 1.165) is 36.9 Å². The standard InChI is InChI=1S/C16H26N4O3/c1-11-12(9-18-20(11)2)14-13(5-8-23-14)19-15(21)17-10-16(22-3)6-4-7-16/h9,13-14H,4-8,10H2,1-3H3,(H2,17,19,21)/t13-,14+/m0/s1. The van der Waals surface area contributed by atoms with Crippen LogP contribution in [0.5, 0.6) is 0 Å². The van der Waals surface area contributed by atoms with Crippen molar-refractivity contribution >= 4 is 6.03 Å². The van der Waals surface area contributed by atoms with Crippen molar-refractivity contribution in [2.75, 3.05) is 20.3 Å². The number of carbonyl (C=O) groups excluding carboxylic acids is 1. The van der Waals surface area contributed by atoms with Crippen LogP contribution in [0.4, 0.5) is 4.79 Å². The SMILES string of the molecule is COC1(CNC(=O)N[C@H]2CCO[C@@H]2c2cnn(C)c2C)CCC1. The van der Waals surface area contributed by atoms with Gasteiger partial charge in [-0.2, -0.15) is 5.10 Å². The molecule has 7 nitrogen and oxygen atoms in total. The summed E-state index contributed by atoms with van der Waals surface area (Å²) in [6.45, 7) is 3.21. The molecular formula is C16H26N4O3. The molecule has 0 radical (unpaired) electrons. The number of nitrogens with zero attached hydrogens (tertiary/aromatic N) is 2. The van der Waals surface area contributed by atoms with E-state index >= 15 is 0 Å². The van der Waals surface area contributed by atoms with Crippen molar-refractivity contribution in [3.05, 3.63) is 17.5 Å². The highest BCUT2D eigenvalue weighted by atomic mass is 16.5. The van der Waals surface area contributed by atoms with Gasteiger partial charge in [0.25, 0.3) is 0 Å². The van der Waals surface area contributed by atoms with Gasteiger partial charge in [0.2, 0.25) is 0 Å². The van der Waals surface area contributed by atoms with E-state index < -0.39 is 0 Å². The van der Waals surface area contributed by atoms with Crippen molar-refractivity contribution in [2.24, 2.45) is 7.05 Å². The first-order chi connectivity index (χ1) is 11.0. The fourth-order valence-corrected chi connectivity index (χ4v) is 3.32. The van der Waals surface area contributed by atoms with Crippen LogP contribution in [0.15, 0.2) is 6.20 Å². The van der Waals surface area contributed by atoms with Crippen molar-refractivity contribution < 1.29 is 14.3 Å². The van der Waals surface area contributed by atoms with Gasteiger partial charge in [0.15, 0.2) is 0 Å². The third-order valence-electron chi connectivity index (χ3n) is 5.26. The quantitative estimate of drug-likeness (QED) is 0.860. The summed E-state index contributed by atoms with van der Waals surface area (Å²) in [6, 6.07) is -0.187. The average Bonchev–Trinajstić information content (AvgIpc) is 3.06. The molecule has 1 aromatic rings. The Morgan fingerprint density at radius 1 is 1.57 bits per heavy atom. The Balaban J connectivity index is 1.56. The van der Waals surface area contributed by atoms with Crippen LogP contribution in [-0.4, -0.2) is 47.7 Å². The van der Waals surface area contributed by atoms with Gasteiger partial charge in [0, 0.05) is 38.6 Å². The van der Waals surface area contributed by atoms with Crippen LogP contribution >= 0.6 is 0 Å². The van der Waals surface area contributed by atoms with Crippen LogP contribution in [-0.2, 0) is 16.5 Å². The Morgan fingerprint density at radius 3 is 2.91 bits per heavy atom. The van der Waals surface area contributed by atoms with Crippen molar-refractivity contribution in [3.63, 3.8) is 0 Å². The molecule has 1 saturated carbocycles. The molecule has 1 aromatic heterocycles. The van der Waals surface area contributed by atoms with E-state index in [-0.39, 0.29) is 23.8 Å². The second-order valence-corrected chi connectivity index (χ2v) is 6.56. The molecule has 0 bridgehead atoms. The molecule has 0 spiro atoms. The summed E-state index contributed by atoms with van der Waals surface area (Å²) in [7, 11) is 3.62. The number of hydrogen-bond donors (Lipinski definition) is 2. The lowest BCUT2D eigenvalue weighted by Gasteiger charge is -2.40. The molecule has 2 fully saturated rings. The highest BCUT2D eigenvalue weighted by molar-refractivity contribution is 5.74. The van der Waals surface area contributed by atoms with Crippen molar-refractivity contribution in [1.82, 2.24) is 20.4 Å². The van der Waals surface area contributed by atoms with E-state index in [1.54, 1.807) is 7.11 Å². The van der Waals surface area contributed by atoms with E-state index in [0.29, 0.717) is 13.2 Å². The Bertz CT molecular complexity index is 562. The Labute approximate surface area is 136 Å². The molecule has 0 aromatic carbocycles. The Morgan fingerprint density at radius 2 is 2.35 bits per heavy atom. The lowest BCUT2D eigenvalue weighted by atomic mass is 9.80. The lowest BCUT2D eigenvalue weighted by molar-refractivity contribution is -0.0674. The average molecular weight is 322 g/mol. The van der Waals surface area contributed by atoms with Crippen molar-refractivity contribution in [3.8, 4) is 0 Å². The van der Waals surface area contributed by atoms with Crippen LogP contribution in [0.3, 0.4) is 0 Å². The number of aryl methyl sites for hydroxylation is 1. The number of aromatic nitrogens is 2. The maximum Gasteiger partial charge on any atom is 0.315 e. The summed E-state index contributed by atoms with van der Waals surface area (Å²) >= 11 is 0. The highest BCUT2D eigenvalue weighted by Gasteiger charge is 2.38. The minimum atomic E-state index is -0.164. The lowest BCUT2D eigenvalue weighted by Crippen LogP contribution is -2.52. The summed E-state index contributed by atoms with van der Waals surface area (Å²) in [4.78, 5) is 12.2. The molecule has 1 aliphatic heterocycles. The fourth-order valence-electron chi connectivity index (χ4n) is 3.32. The predicted octanol–water partition coefficient (Wildman–Crippen LogP) is 1.43. The number of amides is 2. The van der Waals surface area contributed by atoms with Crippen LogP contribution < -0.4 is 10.6 Å². The minimum Gasteiger partial charge on any atom is -0.376 e. The van der Waals surface area contributed by atoms with E-state index in [9.17, 15) is 4.79 Å². The smallest absolute Gasteiger partial charge is 0.315 e. The predicted molar refractivity (Wildman–Crippen MR) is 85.2 cm³/mol. The highest BCUT2D eigenvalue weighted by Crippen LogP contribution is 2.34. The molecule has 2 N–H and O–H groups in total. The number of ether oxygens (including phenoxy) is 2. The summed E-state index contributed by atoms with van der Waals surface area (Å²) in [6.07, 6.45) is 5.68. The molecule has 3 rings (SSSR count). The summed E-state index contributed by atoms with van der Waals surface area (Å²) < 4.78 is 13.2. The van der Waals surface area contributed by atoms with Crippen LogP contribution in [0.2, 0.25) is 0 Å². The zero-order chi connectivity index (χ0) is 16.4. The van der Waals surface area contributed by atoms with Crippen molar-refractivity contribution in [2.45, 2.75) is 50.4 Å². The number of nitrogens with one attached hydrogen (secondary N) is 2. The van der Waals surface area contributed by atoms with Gasteiger partial charge >= 0.3 is 6.03 Å². The third kappa shape index (κ3) is 3.21. The van der Waals surface area contributed by atoms with Crippen LogP contribution in [0.1, 0.15) is 43.0 Å². The molecule has 0 unspecified atom stereocenters. The molecule has 128 valence electrons. The Kier molecular flexibility index (Phi) is 4.59. The minimum absolute atomic E-state index is 0.0298. The molecule has 1 aliphatic carbocycles. The summed E-state index contributed by atoms with van der Waals surface area (Å²) in [5, 5.41) is 10.2. The van der Waals surface area contributed by atoms with Gasteiger partial charge in [-0.1, -0.05) is 0 Å². The largest absolute Gasteiger partial charge is 0.376 e. The van der Waals surface area contributed by atoms with Crippen LogP contribution in [0.25, 0.3) is 0 Å². The molecule has 2 atom stereocenters. The van der Waals surface area contributed by atoms with Gasteiger partial charge in [0.1, 0.15) is 6.10 Å². The third-order valence-corrected chi connectivity index (χ3v) is 5.26. The summed E-state index contributed by atoms with van der Waals surface area (Å²) in [5.41, 5.74) is 1.95. The number of methoxy groups -OCH3 is 1. The maximum absolute atomic E-state index is 12.2. The first-order valence-corrected chi connectivity index (χ1v) is 8.24. The molecule has 23 heavy (non-hydrogen) atoms. The van der Waals surface area contributed by atoms with Crippen molar-refractivity contribution in [1.29, 1.82) is 0 Å². The number of carbonyl (C=O) groups is 1. The Hall–Kier alpha value is -1.60. The number of hydrogen-bond acceptors (Lipinski definition) is 4. The van der Waals surface area contributed by atoms with E-state index in [4.69, 9.17) is 9.47 Å². The molecule has 2 heterocycles. The normalized spacial score (nSPS) is 25.9. The first kappa shape index (κ1) is 16.3. The van der Waals surface area contributed by atoms with Crippen LogP contribution in [0, 0.1) is 6.92 Å². The van der Waals surface area contributed by atoms with Gasteiger partial charge in [-0.3, -0.25) is 4.68 Å². The molecule has 1 saturated heterocycles. The maximum atomic E-state index is 12.2. The van der Waals surface area contributed by atoms with E-state index in [1.807, 2.05) is 24.9 Å². The second-order valence-electron chi connectivity index (χ2n) is 6.56. The fraction of sp³-hybridized carbons (Fsp3) is 0.750. The molecule has 2 amide bonds. The van der Waals surface area contributed by atoms with Gasteiger partial charge in [-0.25, -0.2) is 4.79 Å². The summed E-state index contributed by atoms with van der Waals surface area (Å²) in [5.74, 6) is 0. The zero-order valence-corrected chi connectivity index (χ0v) is 14.1. The topological polar surface area (TPSA) is 77.4 Å². The molecule has 7 heteroatoms. The number of rotatable bonds is 5. The monoisotopic (exact) mass is 322 g/mol. The van der Waals surface area contributed by atoms with E-state index in [1.165, 1.54) is 0 Å². The van der Waals surface area contributed by atoms with Gasteiger partial charge < -0.3 is 20.1 Å². The molecular weight excluding hydrogens is 296 g/mol. The number of urea groups is 1.